The number of hydrogen-bond donors (Lipinski definition) is 2. The summed E-state index contributed by atoms with van der Waals surface area (Å²) in [5.74, 6) is 0. The molecule has 1 rings (SSSR count). The lowest BCUT2D eigenvalue weighted by atomic mass is 10.2. The summed E-state index contributed by atoms with van der Waals surface area (Å²) in [5, 5.41) is 6.90. The van der Waals surface area contributed by atoms with E-state index in [1.54, 1.807) is 13.3 Å². The van der Waals surface area contributed by atoms with E-state index in [0.29, 0.717) is 0 Å². The molecule has 0 aromatic carbocycles. The van der Waals surface area contributed by atoms with Crippen LogP contribution in [0.15, 0.2) is 12.3 Å². The van der Waals surface area contributed by atoms with Crippen molar-refractivity contribution in [3.05, 3.63) is 18.0 Å². The molecule has 1 heterocycles. The summed E-state index contributed by atoms with van der Waals surface area (Å²) >= 11 is 4.28. The molecule has 4 heteroatoms. The molecule has 11 heavy (non-hydrogen) atoms. The third-order valence-electron chi connectivity index (χ3n) is 1.51. The normalized spacial score (nSPS) is 16.3. The van der Waals surface area contributed by atoms with Gasteiger partial charge in [0.05, 0.1) is 5.69 Å². The van der Waals surface area contributed by atoms with Gasteiger partial charge in [-0.25, -0.2) is 0 Å². The number of hydrogen-bond acceptors (Lipinski definition) is 3. The summed E-state index contributed by atoms with van der Waals surface area (Å²) < 4.78 is 5.20. The molecule has 0 spiro atoms. The van der Waals surface area contributed by atoms with Crippen molar-refractivity contribution in [1.82, 2.24) is 10.2 Å². The van der Waals surface area contributed by atoms with E-state index in [9.17, 15) is 0 Å². The average molecular weight is 172 g/mol. The van der Waals surface area contributed by atoms with Crippen LogP contribution in [0.2, 0.25) is 0 Å². The fourth-order valence-corrected chi connectivity index (χ4v) is 1.27. The first-order chi connectivity index (χ1) is 5.25. The summed E-state index contributed by atoms with van der Waals surface area (Å²) in [6, 6.07) is 1.89. The molecule has 62 valence electrons. The molecule has 1 aromatic heterocycles. The Morgan fingerprint density at radius 1 is 1.73 bits per heavy atom. The third-order valence-corrected chi connectivity index (χ3v) is 1.78. The first kappa shape index (κ1) is 8.62. The highest BCUT2D eigenvalue weighted by Crippen LogP contribution is 2.21. The lowest BCUT2D eigenvalue weighted by Crippen LogP contribution is -2.11. The lowest BCUT2D eigenvalue weighted by Gasteiger charge is -2.15. The number of aromatic amines is 1. The highest BCUT2D eigenvalue weighted by Gasteiger charge is 2.16. The molecule has 1 aromatic rings. The van der Waals surface area contributed by atoms with E-state index in [4.69, 9.17) is 4.74 Å². The van der Waals surface area contributed by atoms with Gasteiger partial charge < -0.3 is 4.74 Å². The van der Waals surface area contributed by atoms with Crippen LogP contribution in [0.5, 0.6) is 0 Å². The van der Waals surface area contributed by atoms with Gasteiger partial charge in [0.2, 0.25) is 0 Å². The van der Waals surface area contributed by atoms with Gasteiger partial charge in [-0.1, -0.05) is 6.92 Å². The van der Waals surface area contributed by atoms with E-state index >= 15 is 0 Å². The standard InChI is InChI=1S/C7H12N2OS/c1-5(11)7(10-2)6-3-4-8-9-6/h3-5,7,11H,1-2H3,(H,8,9). The SMILES string of the molecule is COC(c1cc[nH]n1)C(C)S. The second-order valence-corrected chi connectivity index (χ2v) is 3.21. The van der Waals surface area contributed by atoms with Gasteiger partial charge in [-0.2, -0.15) is 17.7 Å². The highest BCUT2D eigenvalue weighted by molar-refractivity contribution is 7.81. The van der Waals surface area contributed by atoms with Crippen LogP contribution in [-0.4, -0.2) is 22.6 Å². The number of rotatable bonds is 3. The molecule has 0 saturated heterocycles. The van der Waals surface area contributed by atoms with Crippen molar-refractivity contribution < 1.29 is 4.74 Å². The average Bonchev–Trinajstić information content (AvgIpc) is 2.40. The van der Waals surface area contributed by atoms with E-state index < -0.39 is 0 Å². The minimum absolute atomic E-state index is 0.0235. The number of nitrogens with one attached hydrogen (secondary N) is 1. The molecule has 0 aliphatic heterocycles. The maximum atomic E-state index is 5.20. The van der Waals surface area contributed by atoms with Crippen molar-refractivity contribution in [1.29, 1.82) is 0 Å². The third kappa shape index (κ3) is 1.97. The molecule has 0 amide bonds. The second kappa shape index (κ2) is 3.78. The van der Waals surface area contributed by atoms with Crippen molar-refractivity contribution in [2.45, 2.75) is 18.3 Å². The molecule has 2 unspecified atom stereocenters. The quantitative estimate of drug-likeness (QED) is 0.677. The Morgan fingerprint density at radius 3 is 2.82 bits per heavy atom. The summed E-state index contributed by atoms with van der Waals surface area (Å²) in [6.07, 6.45) is 1.75. The van der Waals surface area contributed by atoms with Crippen LogP contribution in [0, 0.1) is 0 Å². The van der Waals surface area contributed by atoms with E-state index in [0.717, 1.165) is 5.69 Å². The molecule has 0 bridgehead atoms. The Bertz CT molecular complexity index is 198. The summed E-state index contributed by atoms with van der Waals surface area (Å²) in [6.45, 7) is 1.98. The van der Waals surface area contributed by atoms with Crippen molar-refractivity contribution in [3.8, 4) is 0 Å². The smallest absolute Gasteiger partial charge is 0.112 e. The van der Waals surface area contributed by atoms with Gasteiger partial charge in [0, 0.05) is 18.6 Å². The maximum Gasteiger partial charge on any atom is 0.112 e. The fourth-order valence-electron chi connectivity index (χ4n) is 0.995. The second-order valence-electron chi connectivity index (χ2n) is 2.40. The van der Waals surface area contributed by atoms with Crippen molar-refractivity contribution in [2.75, 3.05) is 7.11 Å². The number of nitrogens with zero attached hydrogens (tertiary/aromatic N) is 1. The number of thiol groups is 1. The number of ether oxygens (including phenoxy) is 1. The van der Waals surface area contributed by atoms with Gasteiger partial charge in [0.1, 0.15) is 6.10 Å². The van der Waals surface area contributed by atoms with Crippen LogP contribution in [-0.2, 0) is 4.74 Å². The number of H-pyrrole nitrogens is 1. The number of aromatic nitrogens is 2. The molecule has 3 nitrogen and oxygen atoms in total. The maximum absolute atomic E-state index is 5.20. The Labute approximate surface area is 71.6 Å². The van der Waals surface area contributed by atoms with Crippen LogP contribution in [0.4, 0.5) is 0 Å². The fraction of sp³-hybridized carbons (Fsp3) is 0.571. The van der Waals surface area contributed by atoms with Gasteiger partial charge in [0.25, 0.3) is 0 Å². The first-order valence-electron chi connectivity index (χ1n) is 3.46. The Morgan fingerprint density at radius 2 is 2.45 bits per heavy atom. The predicted molar refractivity (Wildman–Crippen MR) is 46.8 cm³/mol. The van der Waals surface area contributed by atoms with Crippen molar-refractivity contribution >= 4 is 12.6 Å². The monoisotopic (exact) mass is 172 g/mol. The van der Waals surface area contributed by atoms with E-state index in [1.807, 2.05) is 13.0 Å². The topological polar surface area (TPSA) is 37.9 Å². The van der Waals surface area contributed by atoms with Gasteiger partial charge >= 0.3 is 0 Å². The molecule has 0 fully saturated rings. The molecular weight excluding hydrogens is 160 g/mol. The van der Waals surface area contributed by atoms with Crippen LogP contribution in [0.25, 0.3) is 0 Å². The van der Waals surface area contributed by atoms with Crippen LogP contribution < -0.4 is 0 Å². The highest BCUT2D eigenvalue weighted by atomic mass is 32.1. The molecule has 1 N–H and O–H groups in total. The van der Waals surface area contributed by atoms with Crippen molar-refractivity contribution in [3.63, 3.8) is 0 Å². The van der Waals surface area contributed by atoms with E-state index in [-0.39, 0.29) is 11.4 Å². The Hall–Kier alpha value is -0.480. The zero-order valence-electron chi connectivity index (χ0n) is 6.61. The molecule has 0 radical (unpaired) electrons. The molecule has 0 aliphatic carbocycles. The molecular formula is C7H12N2OS. The molecule has 2 atom stereocenters. The zero-order valence-corrected chi connectivity index (χ0v) is 7.51. The van der Waals surface area contributed by atoms with Gasteiger partial charge in [0.15, 0.2) is 0 Å². The van der Waals surface area contributed by atoms with Crippen molar-refractivity contribution in [2.24, 2.45) is 0 Å². The molecule has 0 aliphatic rings. The predicted octanol–water partition coefficient (Wildman–Crippen LogP) is 1.42. The summed E-state index contributed by atoms with van der Waals surface area (Å²) in [5.41, 5.74) is 0.898. The van der Waals surface area contributed by atoms with E-state index in [2.05, 4.69) is 22.8 Å². The largest absolute Gasteiger partial charge is 0.374 e. The zero-order chi connectivity index (χ0) is 8.27. The van der Waals surface area contributed by atoms with Gasteiger partial charge in [-0.05, 0) is 6.07 Å². The lowest BCUT2D eigenvalue weighted by molar-refractivity contribution is 0.101. The Balaban J connectivity index is 2.71. The minimum atomic E-state index is -0.0235. The van der Waals surface area contributed by atoms with Gasteiger partial charge in [-0.15, -0.1) is 0 Å². The number of methoxy groups -OCH3 is 1. The van der Waals surface area contributed by atoms with E-state index in [1.165, 1.54) is 0 Å². The van der Waals surface area contributed by atoms with Crippen LogP contribution >= 0.6 is 12.6 Å². The summed E-state index contributed by atoms with van der Waals surface area (Å²) in [4.78, 5) is 0. The first-order valence-corrected chi connectivity index (χ1v) is 3.98. The minimum Gasteiger partial charge on any atom is -0.374 e. The summed E-state index contributed by atoms with van der Waals surface area (Å²) in [7, 11) is 1.66. The Kier molecular flexibility index (Phi) is 2.96. The van der Waals surface area contributed by atoms with Crippen LogP contribution in [0.1, 0.15) is 18.7 Å². The molecule has 0 saturated carbocycles. The van der Waals surface area contributed by atoms with Gasteiger partial charge in [-0.3, -0.25) is 5.10 Å². The van der Waals surface area contributed by atoms with Crippen LogP contribution in [0.3, 0.4) is 0 Å².